The molecule has 6 nitrogen and oxygen atoms in total. The second-order valence-corrected chi connectivity index (χ2v) is 6.05. The maximum absolute atomic E-state index is 12.6. The summed E-state index contributed by atoms with van der Waals surface area (Å²) in [4.78, 5) is 33.0. The van der Waals surface area contributed by atoms with Crippen molar-refractivity contribution in [2.75, 3.05) is 11.9 Å². The summed E-state index contributed by atoms with van der Waals surface area (Å²) in [6.07, 6.45) is -4.44. The van der Waals surface area contributed by atoms with Crippen LogP contribution in [0.4, 0.5) is 23.7 Å². The monoisotopic (exact) mass is 390 g/mol. The number of para-hydroxylation sites is 1. The first kappa shape index (κ1) is 19.4. The first-order chi connectivity index (χ1) is 13.3. The molecule has 0 bridgehead atoms. The van der Waals surface area contributed by atoms with Gasteiger partial charge in [-0.1, -0.05) is 12.1 Å². The molecule has 1 heterocycles. The molecule has 3 rings (SSSR count). The number of aromatic amines is 1. The zero-order valence-corrected chi connectivity index (χ0v) is 14.9. The number of benzene rings is 2. The number of carbonyl (C=O) groups excluding carboxylic acids is 1. The average molecular weight is 390 g/mol. The number of amides is 2. The first-order valence-electron chi connectivity index (χ1n) is 8.49. The topological polar surface area (TPSA) is 78.1 Å². The number of anilines is 1. The summed E-state index contributed by atoms with van der Waals surface area (Å²) < 4.78 is 37.9. The van der Waals surface area contributed by atoms with Gasteiger partial charge in [0.1, 0.15) is 5.82 Å². The molecule has 146 valence electrons. The Labute approximate surface area is 158 Å². The van der Waals surface area contributed by atoms with Crippen molar-refractivity contribution in [2.24, 2.45) is 0 Å². The summed E-state index contributed by atoms with van der Waals surface area (Å²) in [6.45, 7) is 2.09. The number of H-pyrrole nitrogens is 1. The molecule has 2 aromatic carbocycles. The minimum Gasteiger partial charge on any atom is -0.317 e. The summed E-state index contributed by atoms with van der Waals surface area (Å²) >= 11 is 0. The van der Waals surface area contributed by atoms with Crippen LogP contribution in [0.3, 0.4) is 0 Å². The van der Waals surface area contributed by atoms with E-state index in [0.29, 0.717) is 23.3 Å². The lowest BCUT2D eigenvalue weighted by molar-refractivity contribution is -0.137. The van der Waals surface area contributed by atoms with E-state index in [2.05, 4.69) is 15.3 Å². The Bertz CT molecular complexity index is 1050. The van der Waals surface area contributed by atoms with E-state index in [1.165, 1.54) is 17.0 Å². The maximum atomic E-state index is 12.6. The molecule has 2 N–H and O–H groups in total. The zero-order chi connectivity index (χ0) is 20.3. The van der Waals surface area contributed by atoms with Gasteiger partial charge in [0.2, 0.25) is 0 Å². The highest BCUT2D eigenvalue weighted by atomic mass is 19.4. The molecule has 0 aliphatic carbocycles. The second-order valence-electron chi connectivity index (χ2n) is 6.05. The third-order valence-electron chi connectivity index (χ3n) is 4.13. The summed E-state index contributed by atoms with van der Waals surface area (Å²) in [5, 5.41) is 2.99. The molecule has 0 aliphatic rings. The van der Waals surface area contributed by atoms with E-state index >= 15 is 0 Å². The van der Waals surface area contributed by atoms with Crippen LogP contribution in [0.2, 0.25) is 0 Å². The molecular weight excluding hydrogens is 373 g/mol. The molecule has 0 aliphatic heterocycles. The van der Waals surface area contributed by atoms with Gasteiger partial charge in [0.25, 0.3) is 5.56 Å². The Kier molecular flexibility index (Phi) is 5.34. The van der Waals surface area contributed by atoms with Crippen molar-refractivity contribution >= 4 is 22.6 Å². The van der Waals surface area contributed by atoms with E-state index < -0.39 is 17.8 Å². The predicted molar refractivity (Wildman–Crippen MR) is 98.9 cm³/mol. The molecule has 9 heteroatoms. The number of halogens is 3. The Morgan fingerprint density at radius 1 is 1.14 bits per heavy atom. The third-order valence-corrected chi connectivity index (χ3v) is 4.13. The number of alkyl halides is 3. The Morgan fingerprint density at radius 3 is 2.46 bits per heavy atom. The highest BCUT2D eigenvalue weighted by Gasteiger charge is 2.30. The Balaban J connectivity index is 1.74. The number of hydrogen-bond acceptors (Lipinski definition) is 3. The molecule has 0 radical (unpaired) electrons. The number of nitrogens with one attached hydrogen (secondary N) is 2. The van der Waals surface area contributed by atoms with Gasteiger partial charge in [-0.05, 0) is 43.3 Å². The molecule has 0 spiro atoms. The normalized spacial score (nSPS) is 11.4. The number of hydrogen-bond donors (Lipinski definition) is 2. The number of carbonyl (C=O) groups is 1. The van der Waals surface area contributed by atoms with Gasteiger partial charge >= 0.3 is 12.2 Å². The Morgan fingerprint density at radius 2 is 1.82 bits per heavy atom. The van der Waals surface area contributed by atoms with E-state index in [4.69, 9.17) is 0 Å². The summed E-state index contributed by atoms with van der Waals surface area (Å²) in [5.41, 5.74) is -0.354. The largest absolute Gasteiger partial charge is 0.416 e. The standard InChI is InChI=1S/C19H17F3N4O2/c1-2-26(11-16-24-15-6-4-3-5-14(15)17(27)25-16)18(28)23-13-9-7-12(8-10-13)19(20,21)22/h3-10H,2,11H2,1H3,(H,23,28)(H,24,25,27). The highest BCUT2D eigenvalue weighted by Crippen LogP contribution is 2.29. The number of aromatic nitrogens is 2. The highest BCUT2D eigenvalue weighted by molar-refractivity contribution is 5.89. The smallest absolute Gasteiger partial charge is 0.317 e. The zero-order valence-electron chi connectivity index (χ0n) is 14.9. The van der Waals surface area contributed by atoms with Gasteiger partial charge < -0.3 is 15.2 Å². The van der Waals surface area contributed by atoms with Crippen molar-refractivity contribution in [2.45, 2.75) is 19.6 Å². The maximum Gasteiger partial charge on any atom is 0.416 e. The molecule has 28 heavy (non-hydrogen) atoms. The number of nitrogens with zero attached hydrogens (tertiary/aromatic N) is 2. The number of rotatable bonds is 4. The molecule has 0 fully saturated rings. The van der Waals surface area contributed by atoms with Crippen LogP contribution in [-0.4, -0.2) is 27.4 Å². The fourth-order valence-corrected chi connectivity index (χ4v) is 2.66. The average Bonchev–Trinajstić information content (AvgIpc) is 2.66. The van der Waals surface area contributed by atoms with Gasteiger partial charge in [-0.15, -0.1) is 0 Å². The van der Waals surface area contributed by atoms with Crippen molar-refractivity contribution in [3.05, 3.63) is 70.3 Å². The quantitative estimate of drug-likeness (QED) is 0.707. The van der Waals surface area contributed by atoms with Crippen molar-refractivity contribution < 1.29 is 18.0 Å². The van der Waals surface area contributed by atoms with Gasteiger partial charge in [0.15, 0.2) is 0 Å². The van der Waals surface area contributed by atoms with Gasteiger partial charge in [0.05, 0.1) is 23.0 Å². The lowest BCUT2D eigenvalue weighted by atomic mass is 10.2. The molecule has 0 unspecified atom stereocenters. The van der Waals surface area contributed by atoms with E-state index in [1.54, 1.807) is 31.2 Å². The van der Waals surface area contributed by atoms with Crippen LogP contribution in [0, 0.1) is 0 Å². The van der Waals surface area contributed by atoms with Crippen LogP contribution >= 0.6 is 0 Å². The van der Waals surface area contributed by atoms with E-state index in [9.17, 15) is 22.8 Å². The minimum atomic E-state index is -4.44. The van der Waals surface area contributed by atoms with Gasteiger partial charge in [-0.2, -0.15) is 13.2 Å². The SMILES string of the molecule is CCN(Cc1nc2ccccc2c(=O)[nH]1)C(=O)Nc1ccc(C(F)(F)F)cc1. The summed E-state index contributed by atoms with van der Waals surface area (Å²) in [6, 6.07) is 10.5. The van der Waals surface area contributed by atoms with E-state index in [0.717, 1.165) is 12.1 Å². The first-order valence-corrected chi connectivity index (χ1v) is 8.49. The predicted octanol–water partition coefficient (Wildman–Crippen LogP) is 4.00. The van der Waals surface area contributed by atoms with Crippen molar-refractivity contribution in [1.82, 2.24) is 14.9 Å². The van der Waals surface area contributed by atoms with Crippen molar-refractivity contribution in [1.29, 1.82) is 0 Å². The van der Waals surface area contributed by atoms with Crippen LogP contribution in [0.1, 0.15) is 18.3 Å². The molecule has 2 amide bonds. The van der Waals surface area contributed by atoms with Gasteiger partial charge in [-0.25, -0.2) is 9.78 Å². The number of fused-ring (bicyclic) bond motifs is 1. The van der Waals surface area contributed by atoms with Gasteiger partial charge in [-0.3, -0.25) is 4.79 Å². The number of urea groups is 1. The third kappa shape index (κ3) is 4.30. The van der Waals surface area contributed by atoms with Crippen LogP contribution < -0.4 is 10.9 Å². The molecule has 0 saturated heterocycles. The molecule has 1 aromatic heterocycles. The van der Waals surface area contributed by atoms with E-state index in [1.807, 2.05) is 0 Å². The van der Waals surface area contributed by atoms with Crippen molar-refractivity contribution in [3.8, 4) is 0 Å². The van der Waals surface area contributed by atoms with Crippen LogP contribution in [0.15, 0.2) is 53.3 Å². The summed E-state index contributed by atoms with van der Waals surface area (Å²) in [5.74, 6) is 0.313. The molecule has 0 atom stereocenters. The molecular formula is C19H17F3N4O2. The van der Waals surface area contributed by atoms with Crippen LogP contribution in [0.25, 0.3) is 10.9 Å². The summed E-state index contributed by atoms with van der Waals surface area (Å²) in [7, 11) is 0. The fourth-order valence-electron chi connectivity index (χ4n) is 2.66. The van der Waals surface area contributed by atoms with Crippen LogP contribution in [0.5, 0.6) is 0 Å². The van der Waals surface area contributed by atoms with Crippen molar-refractivity contribution in [3.63, 3.8) is 0 Å². The van der Waals surface area contributed by atoms with Crippen LogP contribution in [-0.2, 0) is 12.7 Å². The van der Waals surface area contributed by atoms with E-state index in [-0.39, 0.29) is 17.8 Å². The lowest BCUT2D eigenvalue weighted by Crippen LogP contribution is -2.35. The lowest BCUT2D eigenvalue weighted by Gasteiger charge is -2.21. The minimum absolute atomic E-state index is 0.0447. The Hall–Kier alpha value is -3.36. The molecule has 3 aromatic rings. The van der Waals surface area contributed by atoms with Gasteiger partial charge in [0, 0.05) is 12.2 Å². The second kappa shape index (κ2) is 7.71. The fraction of sp³-hybridized carbons (Fsp3) is 0.211. The molecule has 0 saturated carbocycles.